The van der Waals surface area contributed by atoms with E-state index in [1.807, 2.05) is 0 Å². The van der Waals surface area contributed by atoms with Gasteiger partial charge >= 0.3 is 0 Å². The van der Waals surface area contributed by atoms with Crippen molar-refractivity contribution >= 4 is 5.91 Å². The highest BCUT2D eigenvalue weighted by atomic mass is 16.7. The molecule has 0 aliphatic carbocycles. The Morgan fingerprint density at radius 3 is 1.01 bits per heavy atom. The molecule has 0 radical (unpaired) electrons. The van der Waals surface area contributed by atoms with Crippen molar-refractivity contribution in [1.29, 1.82) is 0 Å². The van der Waals surface area contributed by atoms with Crippen LogP contribution in [0.4, 0.5) is 0 Å². The van der Waals surface area contributed by atoms with E-state index >= 15 is 0 Å². The molecule has 1 fully saturated rings. The molecule has 0 aromatic carbocycles. The number of aliphatic hydroxyl groups excluding tert-OH is 7. The molecule has 1 aliphatic heterocycles. The fourth-order valence-corrected chi connectivity index (χ4v) is 12.8. The van der Waals surface area contributed by atoms with Crippen molar-refractivity contribution in [2.24, 2.45) is 0 Å². The van der Waals surface area contributed by atoms with Crippen LogP contribution >= 0.6 is 0 Å². The van der Waals surface area contributed by atoms with Crippen molar-refractivity contribution < 1.29 is 50.0 Å². The highest BCUT2D eigenvalue weighted by Crippen LogP contribution is 2.24. The van der Waals surface area contributed by atoms with Gasteiger partial charge in [0.1, 0.15) is 36.6 Å². The maximum Gasteiger partial charge on any atom is 0.249 e. The number of ether oxygens (including phenoxy) is 2. The van der Waals surface area contributed by atoms with Gasteiger partial charge in [0.2, 0.25) is 5.91 Å². The lowest BCUT2D eigenvalue weighted by molar-refractivity contribution is -0.303. The molecular weight excluding hydrogens is 1100 g/mol. The number of hydrogen-bond acceptors (Lipinski definition) is 10. The number of aliphatic hydroxyl groups is 7. The van der Waals surface area contributed by atoms with Gasteiger partial charge in [-0.1, -0.05) is 372 Å². The van der Waals surface area contributed by atoms with Crippen molar-refractivity contribution in [3.63, 3.8) is 0 Å². The number of allylic oxidation sites excluding steroid dienone is 4. The third-order valence-corrected chi connectivity index (χ3v) is 19.0. The number of nitrogens with one attached hydrogen (secondary N) is 1. The second-order valence-electron chi connectivity index (χ2n) is 27.4. The molecule has 0 aromatic heterocycles. The molecule has 9 unspecified atom stereocenters. The van der Waals surface area contributed by atoms with Crippen LogP contribution in [0.5, 0.6) is 0 Å². The zero-order chi connectivity index (χ0) is 63.9. The smallest absolute Gasteiger partial charge is 0.249 e. The number of unbranched alkanes of at least 4 members (excludes halogenated alkanes) is 53. The summed E-state index contributed by atoms with van der Waals surface area (Å²) in [5.74, 6) is -0.690. The molecular formula is C77H149NO10. The SMILES string of the molecule is CCCCCCCCCCC/C=C\C/C=C\CCCCCCCCCCCCCCCCC(O)C(=O)NC(COC1OC(CO)C(O)C(O)C1O)C(O)C(O)CCCCCCCCCCCCCCCCCCCCCCCCCCCCCCCCC. The minimum atomic E-state index is -1.66. The molecule has 0 saturated carbocycles. The summed E-state index contributed by atoms with van der Waals surface area (Å²) in [6, 6.07) is -1.17. The lowest BCUT2D eigenvalue weighted by atomic mass is 9.98. The lowest BCUT2D eigenvalue weighted by Gasteiger charge is -2.40. The first kappa shape index (κ1) is 84.6. The Hall–Kier alpha value is -1.41. The number of rotatable bonds is 69. The Bertz CT molecular complexity index is 1480. The van der Waals surface area contributed by atoms with E-state index in [-0.39, 0.29) is 6.42 Å². The molecule has 1 aliphatic rings. The van der Waals surface area contributed by atoms with Crippen molar-refractivity contribution in [1.82, 2.24) is 5.32 Å². The van der Waals surface area contributed by atoms with Gasteiger partial charge in [0, 0.05) is 0 Å². The average Bonchev–Trinajstić information content (AvgIpc) is 2.67. The maximum absolute atomic E-state index is 13.3. The van der Waals surface area contributed by atoms with Crippen LogP contribution in [0, 0.1) is 0 Å². The number of hydrogen-bond donors (Lipinski definition) is 8. The largest absolute Gasteiger partial charge is 0.394 e. The summed E-state index contributed by atoms with van der Waals surface area (Å²) in [5.41, 5.74) is 0. The van der Waals surface area contributed by atoms with Gasteiger partial charge in [0.25, 0.3) is 0 Å². The summed E-state index contributed by atoms with van der Waals surface area (Å²) in [5, 5.41) is 76.7. The third-order valence-electron chi connectivity index (χ3n) is 19.0. The van der Waals surface area contributed by atoms with Crippen molar-refractivity contribution in [2.75, 3.05) is 13.2 Å². The minimum Gasteiger partial charge on any atom is -0.394 e. The topological polar surface area (TPSA) is 189 Å². The second-order valence-corrected chi connectivity index (χ2v) is 27.4. The van der Waals surface area contributed by atoms with Crippen molar-refractivity contribution in [2.45, 2.75) is 448 Å². The van der Waals surface area contributed by atoms with E-state index in [0.717, 1.165) is 44.9 Å². The van der Waals surface area contributed by atoms with Gasteiger partial charge in [-0.15, -0.1) is 0 Å². The van der Waals surface area contributed by atoms with Gasteiger partial charge in [-0.25, -0.2) is 0 Å². The van der Waals surface area contributed by atoms with Crippen molar-refractivity contribution in [3.05, 3.63) is 24.3 Å². The zero-order valence-corrected chi connectivity index (χ0v) is 58.0. The van der Waals surface area contributed by atoms with E-state index in [2.05, 4.69) is 43.5 Å². The molecule has 11 nitrogen and oxygen atoms in total. The summed E-state index contributed by atoms with van der Waals surface area (Å²) in [6.45, 7) is 3.53. The first-order valence-corrected chi connectivity index (χ1v) is 38.7. The Morgan fingerprint density at radius 1 is 0.398 bits per heavy atom. The monoisotopic (exact) mass is 1250 g/mol. The van der Waals surface area contributed by atoms with Crippen LogP contribution in [0.1, 0.15) is 393 Å². The molecule has 88 heavy (non-hydrogen) atoms. The first-order valence-electron chi connectivity index (χ1n) is 38.7. The van der Waals surface area contributed by atoms with Crippen LogP contribution in [0.3, 0.4) is 0 Å². The van der Waals surface area contributed by atoms with Gasteiger partial charge in [-0.05, 0) is 44.9 Å². The molecule has 8 N–H and O–H groups in total. The summed E-state index contributed by atoms with van der Waals surface area (Å²) in [7, 11) is 0. The van der Waals surface area contributed by atoms with Gasteiger partial charge < -0.3 is 50.5 Å². The predicted octanol–water partition coefficient (Wildman–Crippen LogP) is 19.5. The van der Waals surface area contributed by atoms with E-state index in [4.69, 9.17) is 9.47 Å². The van der Waals surface area contributed by atoms with Crippen molar-refractivity contribution in [3.8, 4) is 0 Å². The van der Waals surface area contributed by atoms with Crippen LogP contribution < -0.4 is 5.32 Å². The molecule has 0 spiro atoms. The Balaban J connectivity index is 2.15. The van der Waals surface area contributed by atoms with Crippen LogP contribution in [-0.2, 0) is 14.3 Å². The van der Waals surface area contributed by atoms with Gasteiger partial charge in [0.05, 0.1) is 25.4 Å². The molecule has 1 amide bonds. The normalized spacial score (nSPS) is 18.7. The molecule has 522 valence electrons. The summed E-state index contributed by atoms with van der Waals surface area (Å²) < 4.78 is 11.2. The van der Waals surface area contributed by atoms with E-state index in [1.165, 1.54) is 308 Å². The molecule has 0 aromatic rings. The van der Waals surface area contributed by atoms with E-state index in [9.17, 15) is 40.5 Å². The van der Waals surface area contributed by atoms with E-state index in [1.54, 1.807) is 0 Å². The highest BCUT2D eigenvalue weighted by molar-refractivity contribution is 5.80. The first-order chi connectivity index (χ1) is 43.2. The Morgan fingerprint density at radius 2 is 0.693 bits per heavy atom. The van der Waals surface area contributed by atoms with Crippen LogP contribution in [0.2, 0.25) is 0 Å². The number of amides is 1. The quantitative estimate of drug-likeness (QED) is 0.0215. The second kappa shape index (κ2) is 65.6. The maximum atomic E-state index is 13.3. The van der Waals surface area contributed by atoms with Crippen LogP contribution in [0.25, 0.3) is 0 Å². The van der Waals surface area contributed by atoms with Gasteiger partial charge in [0.15, 0.2) is 6.29 Å². The van der Waals surface area contributed by atoms with Gasteiger partial charge in [-0.3, -0.25) is 4.79 Å². The summed E-state index contributed by atoms with van der Waals surface area (Å²) in [6.07, 6.45) is 72.8. The van der Waals surface area contributed by atoms with Crippen LogP contribution in [0.15, 0.2) is 24.3 Å². The minimum absolute atomic E-state index is 0.262. The Labute approximate surface area is 544 Å². The third kappa shape index (κ3) is 52.0. The molecule has 0 bridgehead atoms. The van der Waals surface area contributed by atoms with Crippen LogP contribution in [-0.4, -0.2) is 110 Å². The fourth-order valence-electron chi connectivity index (χ4n) is 12.8. The average molecular weight is 1250 g/mol. The fraction of sp³-hybridized carbons (Fsp3) is 0.935. The number of carbonyl (C=O) groups excluding carboxylic acids is 1. The molecule has 1 saturated heterocycles. The summed E-state index contributed by atoms with van der Waals surface area (Å²) >= 11 is 0. The standard InChI is InChI=1S/C77H149NO10/c1-3-5-7-9-11-13-15-17-19-21-23-25-27-29-31-33-35-37-38-40-42-44-46-48-50-52-54-56-58-60-62-64-69(80)72(82)68(67-87-77-75(85)74(84)73(83)71(66-79)88-77)78-76(86)70(81)65-63-61-59-57-55-53-51-49-47-45-43-41-39-36-34-32-30-28-26-24-22-20-18-16-14-12-10-8-6-4-2/h24,26,30,32,68-75,77,79-85H,3-23,25,27-29,31,33-67H2,1-2H3,(H,78,86)/b26-24-,32-30-. The predicted molar refractivity (Wildman–Crippen MR) is 372 cm³/mol. The van der Waals surface area contributed by atoms with E-state index < -0.39 is 74.2 Å². The molecule has 1 rings (SSSR count). The molecule has 1 heterocycles. The lowest BCUT2D eigenvalue weighted by Crippen LogP contribution is -2.60. The van der Waals surface area contributed by atoms with Gasteiger partial charge in [-0.2, -0.15) is 0 Å². The summed E-state index contributed by atoms with van der Waals surface area (Å²) in [4.78, 5) is 13.3. The zero-order valence-electron chi connectivity index (χ0n) is 58.0. The van der Waals surface area contributed by atoms with E-state index in [0.29, 0.717) is 19.3 Å². The Kier molecular flexibility index (Phi) is 63.1. The molecule has 11 heteroatoms. The molecule has 9 atom stereocenters. The number of carbonyl (C=O) groups is 1. The highest BCUT2D eigenvalue weighted by Gasteiger charge is 2.44.